The highest BCUT2D eigenvalue weighted by atomic mass is 32.2. The predicted octanol–water partition coefficient (Wildman–Crippen LogP) is 1.19. The molecule has 6 nitrogen and oxygen atoms in total. The van der Waals surface area contributed by atoms with E-state index in [4.69, 9.17) is 4.74 Å². The number of sulfonamides is 1. The number of methoxy groups -OCH3 is 1. The van der Waals surface area contributed by atoms with Crippen molar-refractivity contribution >= 4 is 10.0 Å². The maximum Gasteiger partial charge on any atom is 0.244 e. The van der Waals surface area contributed by atoms with Gasteiger partial charge >= 0.3 is 0 Å². The minimum atomic E-state index is -3.54. The summed E-state index contributed by atoms with van der Waals surface area (Å²) in [4.78, 5) is 0.244. The molecule has 0 amide bonds. The van der Waals surface area contributed by atoms with Gasteiger partial charge < -0.3 is 14.4 Å². The predicted molar refractivity (Wildman–Crippen MR) is 79.4 cm³/mol. The van der Waals surface area contributed by atoms with Crippen molar-refractivity contribution in [2.45, 2.75) is 50.3 Å². The Labute approximate surface area is 126 Å². The molecule has 2 rings (SSSR count). The van der Waals surface area contributed by atoms with E-state index in [-0.39, 0.29) is 11.5 Å². The molecule has 0 aromatic carbocycles. The van der Waals surface area contributed by atoms with Crippen LogP contribution in [0.25, 0.3) is 0 Å². The van der Waals surface area contributed by atoms with Crippen molar-refractivity contribution in [3.05, 3.63) is 18.0 Å². The van der Waals surface area contributed by atoms with E-state index in [2.05, 4.69) is 0 Å². The Kier molecular flexibility index (Phi) is 4.77. The van der Waals surface area contributed by atoms with Crippen molar-refractivity contribution in [1.82, 2.24) is 8.87 Å². The highest BCUT2D eigenvalue weighted by Gasteiger charge is 2.37. The molecule has 7 heteroatoms. The van der Waals surface area contributed by atoms with Crippen LogP contribution in [0.15, 0.2) is 17.2 Å². The van der Waals surface area contributed by atoms with Gasteiger partial charge in [0, 0.05) is 38.6 Å². The van der Waals surface area contributed by atoms with Crippen LogP contribution in [0.3, 0.4) is 0 Å². The van der Waals surface area contributed by atoms with Crippen molar-refractivity contribution in [3.63, 3.8) is 0 Å². The molecule has 1 atom stereocenters. The van der Waals surface area contributed by atoms with E-state index in [0.29, 0.717) is 25.3 Å². The molecular weight excluding hydrogens is 292 g/mol. The number of piperidine rings is 1. The number of ether oxygens (including phenoxy) is 1. The van der Waals surface area contributed by atoms with Crippen molar-refractivity contribution in [2.24, 2.45) is 0 Å². The van der Waals surface area contributed by atoms with Gasteiger partial charge in [0.05, 0.1) is 12.2 Å². The first-order valence-corrected chi connectivity index (χ1v) is 8.65. The van der Waals surface area contributed by atoms with Crippen LogP contribution in [0.4, 0.5) is 0 Å². The summed E-state index contributed by atoms with van der Waals surface area (Å²) in [5.74, 6) is 0. The highest BCUT2D eigenvalue weighted by Crippen LogP contribution is 2.29. The number of rotatable bonds is 5. The van der Waals surface area contributed by atoms with E-state index in [1.54, 1.807) is 23.9 Å². The average Bonchev–Trinajstić information content (AvgIpc) is 2.91. The molecule has 2 heterocycles. The first kappa shape index (κ1) is 16.5. The normalized spacial score (nSPS) is 24.4. The van der Waals surface area contributed by atoms with Crippen molar-refractivity contribution in [2.75, 3.05) is 20.2 Å². The number of aliphatic hydroxyl groups is 1. The lowest BCUT2D eigenvalue weighted by atomic mass is 9.96. The maximum absolute atomic E-state index is 12.8. The lowest BCUT2D eigenvalue weighted by Gasteiger charge is -2.38. The summed E-state index contributed by atoms with van der Waals surface area (Å²) in [6.45, 7) is 5.18. The van der Waals surface area contributed by atoms with Crippen LogP contribution in [0.5, 0.6) is 0 Å². The Morgan fingerprint density at radius 2 is 2.19 bits per heavy atom. The molecule has 1 aromatic heterocycles. The number of aliphatic hydroxyl groups excluding tert-OH is 1. The number of hydrogen-bond donors (Lipinski definition) is 1. The fourth-order valence-electron chi connectivity index (χ4n) is 2.77. The molecular formula is C14H24N2O4S. The van der Waals surface area contributed by atoms with Gasteiger partial charge in [0.2, 0.25) is 10.0 Å². The van der Waals surface area contributed by atoms with E-state index in [9.17, 15) is 13.5 Å². The van der Waals surface area contributed by atoms with Gasteiger partial charge in [-0.25, -0.2) is 8.42 Å². The molecule has 0 aliphatic carbocycles. The van der Waals surface area contributed by atoms with Crippen LogP contribution in [0.1, 0.15) is 32.4 Å². The smallest absolute Gasteiger partial charge is 0.244 e. The van der Waals surface area contributed by atoms with Gasteiger partial charge in [-0.15, -0.1) is 0 Å². The topological polar surface area (TPSA) is 71.8 Å². The van der Waals surface area contributed by atoms with Crippen LogP contribution in [-0.2, 0) is 27.9 Å². The molecule has 120 valence electrons. The molecule has 0 spiro atoms. The lowest BCUT2D eigenvalue weighted by Crippen LogP contribution is -2.49. The molecule has 0 saturated carbocycles. The third-order valence-corrected chi connectivity index (χ3v) is 6.03. The van der Waals surface area contributed by atoms with Crippen molar-refractivity contribution in [1.29, 1.82) is 0 Å². The van der Waals surface area contributed by atoms with Gasteiger partial charge in [-0.1, -0.05) is 0 Å². The molecule has 1 fully saturated rings. The van der Waals surface area contributed by atoms with E-state index >= 15 is 0 Å². The molecule has 1 aliphatic rings. The Balaban J connectivity index is 2.31. The first-order valence-electron chi connectivity index (χ1n) is 7.21. The molecule has 0 radical (unpaired) electrons. The lowest BCUT2D eigenvalue weighted by molar-refractivity contribution is -0.0319. The highest BCUT2D eigenvalue weighted by molar-refractivity contribution is 7.89. The molecule has 1 aromatic rings. The molecule has 1 N–H and O–H groups in total. The van der Waals surface area contributed by atoms with E-state index in [1.807, 2.05) is 13.8 Å². The van der Waals surface area contributed by atoms with Gasteiger partial charge in [-0.3, -0.25) is 0 Å². The van der Waals surface area contributed by atoms with Gasteiger partial charge in [-0.05, 0) is 32.8 Å². The number of hydrogen-bond acceptors (Lipinski definition) is 4. The van der Waals surface area contributed by atoms with Crippen molar-refractivity contribution in [3.8, 4) is 0 Å². The fourth-order valence-corrected chi connectivity index (χ4v) is 4.43. The van der Waals surface area contributed by atoms with Gasteiger partial charge in [0.1, 0.15) is 4.90 Å². The number of nitrogens with zero attached hydrogens (tertiary/aromatic N) is 2. The zero-order valence-corrected chi connectivity index (χ0v) is 13.7. The standard InChI is InChI=1S/C14H24N2O4S/c1-4-15-9-13(8-12(15)10-17)21(18,19)16-7-5-6-14(2,11-16)20-3/h8-9,17H,4-7,10-11H2,1-3H3. The van der Waals surface area contributed by atoms with E-state index < -0.39 is 15.6 Å². The fraction of sp³-hybridized carbons (Fsp3) is 0.714. The molecule has 1 saturated heterocycles. The Hall–Kier alpha value is -0.890. The molecule has 1 aliphatic heterocycles. The summed E-state index contributed by atoms with van der Waals surface area (Å²) in [6.07, 6.45) is 3.23. The second kappa shape index (κ2) is 6.08. The average molecular weight is 316 g/mol. The quantitative estimate of drug-likeness (QED) is 0.886. The second-order valence-corrected chi connectivity index (χ2v) is 7.65. The van der Waals surface area contributed by atoms with Gasteiger partial charge in [0.25, 0.3) is 0 Å². The summed E-state index contributed by atoms with van der Waals surface area (Å²) >= 11 is 0. The number of aromatic nitrogens is 1. The zero-order valence-electron chi connectivity index (χ0n) is 12.9. The second-order valence-electron chi connectivity index (χ2n) is 5.71. The Bertz CT molecular complexity index is 575. The zero-order chi connectivity index (χ0) is 15.7. The summed E-state index contributed by atoms with van der Waals surface area (Å²) in [7, 11) is -1.93. The molecule has 21 heavy (non-hydrogen) atoms. The van der Waals surface area contributed by atoms with Gasteiger partial charge in [0.15, 0.2) is 0 Å². The Morgan fingerprint density at radius 3 is 2.71 bits per heavy atom. The summed E-state index contributed by atoms with van der Waals surface area (Å²) in [6, 6.07) is 1.55. The summed E-state index contributed by atoms with van der Waals surface area (Å²) < 4.78 is 34.2. The van der Waals surface area contributed by atoms with E-state index in [1.165, 1.54) is 4.31 Å². The third-order valence-electron chi connectivity index (χ3n) is 4.22. The van der Waals surface area contributed by atoms with Crippen LogP contribution < -0.4 is 0 Å². The minimum Gasteiger partial charge on any atom is -0.390 e. The van der Waals surface area contributed by atoms with Crippen LogP contribution in [-0.4, -0.2) is 48.2 Å². The Morgan fingerprint density at radius 1 is 1.48 bits per heavy atom. The molecule has 1 unspecified atom stereocenters. The largest absolute Gasteiger partial charge is 0.390 e. The first-order chi connectivity index (χ1) is 9.86. The van der Waals surface area contributed by atoms with Crippen LogP contribution in [0.2, 0.25) is 0 Å². The summed E-state index contributed by atoms with van der Waals surface area (Å²) in [5.41, 5.74) is 0.181. The third kappa shape index (κ3) is 3.15. The van der Waals surface area contributed by atoms with Crippen LogP contribution in [0, 0.1) is 0 Å². The van der Waals surface area contributed by atoms with Gasteiger partial charge in [-0.2, -0.15) is 4.31 Å². The minimum absolute atomic E-state index is 0.168. The SMILES string of the molecule is CCn1cc(S(=O)(=O)N2CCCC(C)(OC)C2)cc1CO. The molecule has 0 bridgehead atoms. The van der Waals surface area contributed by atoms with Crippen molar-refractivity contribution < 1.29 is 18.3 Å². The van der Waals surface area contributed by atoms with E-state index in [0.717, 1.165) is 12.8 Å². The summed E-state index contributed by atoms with van der Waals surface area (Å²) in [5, 5.41) is 9.31. The van der Waals surface area contributed by atoms with Crippen LogP contribution >= 0.6 is 0 Å². The monoisotopic (exact) mass is 316 g/mol. The number of aryl methyl sites for hydroxylation is 1. The maximum atomic E-state index is 12.8.